The number of pyridine rings is 1. The summed E-state index contributed by atoms with van der Waals surface area (Å²) in [7, 11) is 0. The highest BCUT2D eigenvalue weighted by atomic mass is 35.5. The first-order valence-corrected chi connectivity index (χ1v) is 10.5. The van der Waals surface area contributed by atoms with Gasteiger partial charge >= 0.3 is 0 Å². The van der Waals surface area contributed by atoms with Crippen LogP contribution in [0.5, 0.6) is 0 Å². The molecular weight excluding hydrogens is 416 g/mol. The summed E-state index contributed by atoms with van der Waals surface area (Å²) in [6, 6.07) is 15.5. The average molecular weight is 433 g/mol. The summed E-state index contributed by atoms with van der Waals surface area (Å²) in [4.78, 5) is 12.9. The zero-order valence-corrected chi connectivity index (χ0v) is 17.4. The quantitative estimate of drug-likeness (QED) is 0.545. The van der Waals surface area contributed by atoms with Gasteiger partial charge < -0.3 is 10.6 Å². The Morgan fingerprint density at radius 3 is 2.87 bits per heavy atom. The van der Waals surface area contributed by atoms with Crippen LogP contribution in [0.25, 0.3) is 11.3 Å². The minimum absolute atomic E-state index is 0.455. The maximum atomic E-state index is 9.77. The van der Waals surface area contributed by atoms with E-state index >= 15 is 0 Å². The molecule has 1 aliphatic rings. The summed E-state index contributed by atoms with van der Waals surface area (Å²) in [5.74, 6) is 0.479. The van der Waals surface area contributed by atoms with Crippen LogP contribution in [0.4, 0.5) is 5.95 Å². The topological polar surface area (TPSA) is 86.5 Å². The maximum Gasteiger partial charge on any atom is 0.223 e. The van der Waals surface area contributed by atoms with Crippen LogP contribution in [-0.4, -0.2) is 21.5 Å². The van der Waals surface area contributed by atoms with Crippen LogP contribution in [0.3, 0.4) is 0 Å². The number of hydrogen-bond donors (Lipinski definition) is 2. The number of nitriles is 1. The first kappa shape index (κ1) is 20.0. The number of allylic oxidation sites excluding steroid dienone is 1. The van der Waals surface area contributed by atoms with Crippen LogP contribution in [0.15, 0.2) is 71.5 Å². The fourth-order valence-corrected chi connectivity index (χ4v) is 4.00. The van der Waals surface area contributed by atoms with Crippen molar-refractivity contribution in [3.8, 4) is 6.07 Å². The van der Waals surface area contributed by atoms with Crippen molar-refractivity contribution in [1.82, 2.24) is 20.3 Å². The molecule has 0 amide bonds. The molecule has 6 nitrogen and oxygen atoms in total. The van der Waals surface area contributed by atoms with Crippen LogP contribution < -0.4 is 10.6 Å². The highest BCUT2D eigenvalue weighted by Gasteiger charge is 2.19. The third kappa shape index (κ3) is 4.62. The van der Waals surface area contributed by atoms with Gasteiger partial charge in [0, 0.05) is 41.1 Å². The lowest BCUT2D eigenvalue weighted by molar-refractivity contribution is 0.971. The third-order valence-corrected chi connectivity index (χ3v) is 5.60. The van der Waals surface area contributed by atoms with E-state index in [0.29, 0.717) is 33.8 Å². The summed E-state index contributed by atoms with van der Waals surface area (Å²) >= 11 is 7.73. The molecule has 3 aromatic rings. The number of thioether (sulfide) groups is 1. The Kier molecular flexibility index (Phi) is 6.28. The molecule has 0 fully saturated rings. The molecule has 2 N–H and O–H groups in total. The first-order valence-electron chi connectivity index (χ1n) is 9.24. The van der Waals surface area contributed by atoms with Gasteiger partial charge in [0.05, 0.1) is 16.4 Å². The Hall–Kier alpha value is -3.34. The molecule has 3 heterocycles. The van der Waals surface area contributed by atoms with Gasteiger partial charge in [0.25, 0.3) is 0 Å². The van der Waals surface area contributed by atoms with E-state index in [2.05, 4.69) is 31.7 Å². The molecule has 148 valence electrons. The van der Waals surface area contributed by atoms with Crippen LogP contribution in [0.1, 0.15) is 16.8 Å². The molecule has 8 heteroatoms. The molecule has 0 spiro atoms. The van der Waals surface area contributed by atoms with E-state index in [-0.39, 0.29) is 0 Å². The number of anilines is 1. The van der Waals surface area contributed by atoms with E-state index in [0.717, 1.165) is 23.2 Å². The largest absolute Gasteiger partial charge is 0.354 e. The van der Waals surface area contributed by atoms with Crippen molar-refractivity contribution < 1.29 is 0 Å². The van der Waals surface area contributed by atoms with Crippen LogP contribution >= 0.6 is 23.4 Å². The van der Waals surface area contributed by atoms with Gasteiger partial charge in [-0.1, -0.05) is 47.6 Å². The molecule has 0 bridgehead atoms. The Bertz CT molecular complexity index is 1150. The van der Waals surface area contributed by atoms with Gasteiger partial charge in [0.2, 0.25) is 5.95 Å². The van der Waals surface area contributed by atoms with Gasteiger partial charge in [-0.3, -0.25) is 4.98 Å². The van der Waals surface area contributed by atoms with Crippen LogP contribution in [-0.2, 0) is 6.42 Å². The van der Waals surface area contributed by atoms with E-state index in [1.165, 1.54) is 11.8 Å². The van der Waals surface area contributed by atoms with Gasteiger partial charge in [-0.05, 0) is 30.2 Å². The Balaban J connectivity index is 1.48. The zero-order valence-electron chi connectivity index (χ0n) is 15.8. The lowest BCUT2D eigenvalue weighted by atomic mass is 10.1. The minimum Gasteiger partial charge on any atom is -0.354 e. The maximum absolute atomic E-state index is 9.77. The van der Waals surface area contributed by atoms with Crippen LogP contribution in [0.2, 0.25) is 5.02 Å². The molecule has 2 aromatic heterocycles. The molecular formula is C22H17ClN6S. The number of hydrogen-bond acceptors (Lipinski definition) is 7. The van der Waals surface area contributed by atoms with Gasteiger partial charge in [-0.15, -0.1) is 0 Å². The van der Waals surface area contributed by atoms with Gasteiger partial charge in [-0.2, -0.15) is 5.26 Å². The number of nitrogens with zero attached hydrogens (tertiary/aromatic N) is 4. The van der Waals surface area contributed by atoms with E-state index in [1.54, 1.807) is 18.5 Å². The summed E-state index contributed by atoms with van der Waals surface area (Å²) in [5, 5.41) is 19.6. The van der Waals surface area contributed by atoms with Crippen molar-refractivity contribution in [2.75, 3.05) is 11.9 Å². The molecule has 1 aliphatic heterocycles. The predicted octanol–water partition coefficient (Wildman–Crippen LogP) is 4.71. The predicted molar refractivity (Wildman–Crippen MR) is 121 cm³/mol. The molecule has 0 unspecified atom stereocenters. The molecule has 0 radical (unpaired) electrons. The standard InChI is InChI=1S/C22H17ClN6S/c23-18-6-2-1-5-16(18)20-14-30-21(28-20)17(12-24)19-8-11-27-22(29-19)26-10-7-15-4-3-9-25-13-15/h1-6,8-9,11,13-14,28H,7,10H2,(H,26,27,29)/b21-17-. The fourth-order valence-electron chi connectivity index (χ4n) is 2.90. The number of halogens is 1. The van der Waals surface area contributed by atoms with Gasteiger partial charge in [-0.25, -0.2) is 9.97 Å². The lowest BCUT2D eigenvalue weighted by Gasteiger charge is -2.09. The van der Waals surface area contributed by atoms with Crippen molar-refractivity contribution in [2.24, 2.45) is 0 Å². The third-order valence-electron chi connectivity index (χ3n) is 4.38. The second-order valence-corrected chi connectivity index (χ2v) is 7.66. The van der Waals surface area contributed by atoms with E-state index in [9.17, 15) is 5.26 Å². The average Bonchev–Trinajstić information content (AvgIpc) is 3.25. The van der Waals surface area contributed by atoms with Crippen molar-refractivity contribution in [2.45, 2.75) is 6.42 Å². The SMILES string of the molecule is N#C/C(=C1\NC(c2ccccc2Cl)=CS1)c1ccnc(NCCc2cccnc2)n1. The number of aromatic nitrogens is 3. The Morgan fingerprint density at radius 2 is 2.07 bits per heavy atom. The van der Waals surface area contributed by atoms with Crippen molar-refractivity contribution in [3.63, 3.8) is 0 Å². The lowest BCUT2D eigenvalue weighted by Crippen LogP contribution is -2.10. The molecule has 1 aromatic carbocycles. The number of benzene rings is 1. The smallest absolute Gasteiger partial charge is 0.223 e. The van der Waals surface area contributed by atoms with Gasteiger partial charge in [0.1, 0.15) is 11.6 Å². The molecule has 0 atom stereocenters. The zero-order chi connectivity index (χ0) is 20.8. The minimum atomic E-state index is 0.455. The Labute approximate surface area is 183 Å². The summed E-state index contributed by atoms with van der Waals surface area (Å²) in [6.45, 7) is 0.665. The molecule has 30 heavy (non-hydrogen) atoms. The van der Waals surface area contributed by atoms with Crippen molar-refractivity contribution >= 4 is 40.6 Å². The summed E-state index contributed by atoms with van der Waals surface area (Å²) < 4.78 is 0. The molecule has 0 saturated carbocycles. The Morgan fingerprint density at radius 1 is 1.17 bits per heavy atom. The molecule has 0 saturated heterocycles. The van der Waals surface area contributed by atoms with E-state index < -0.39 is 0 Å². The highest BCUT2D eigenvalue weighted by molar-refractivity contribution is 8.06. The second-order valence-electron chi connectivity index (χ2n) is 6.37. The normalized spacial score (nSPS) is 14.5. The van der Waals surface area contributed by atoms with Crippen molar-refractivity contribution in [1.29, 1.82) is 5.26 Å². The molecule has 4 rings (SSSR count). The number of rotatable bonds is 6. The number of nitrogens with one attached hydrogen (secondary N) is 2. The van der Waals surface area contributed by atoms with E-state index in [4.69, 9.17) is 11.6 Å². The monoisotopic (exact) mass is 432 g/mol. The van der Waals surface area contributed by atoms with Crippen LogP contribution in [0, 0.1) is 11.3 Å². The van der Waals surface area contributed by atoms with E-state index in [1.807, 2.05) is 48.0 Å². The summed E-state index contributed by atoms with van der Waals surface area (Å²) in [5.41, 5.74) is 3.89. The molecule has 0 aliphatic carbocycles. The fraction of sp³-hybridized carbons (Fsp3) is 0.0909. The first-order chi connectivity index (χ1) is 14.7. The van der Waals surface area contributed by atoms with Gasteiger partial charge in [0.15, 0.2) is 0 Å². The van der Waals surface area contributed by atoms with Crippen molar-refractivity contribution in [3.05, 3.63) is 93.3 Å². The second kappa shape index (κ2) is 9.44. The summed E-state index contributed by atoms with van der Waals surface area (Å²) in [6.07, 6.45) is 6.04. The highest BCUT2D eigenvalue weighted by Crippen LogP contribution is 2.36.